The second-order valence-corrected chi connectivity index (χ2v) is 4.45. The molecular formula is C14H16ClNO2. The molecule has 0 unspecified atom stereocenters. The van der Waals surface area contributed by atoms with E-state index < -0.39 is 0 Å². The van der Waals surface area contributed by atoms with E-state index in [9.17, 15) is 0 Å². The number of hydrogen-bond acceptors (Lipinski definition) is 3. The lowest BCUT2D eigenvalue weighted by Gasteiger charge is -2.13. The number of nitrogens with zero attached hydrogens (tertiary/aromatic N) is 1. The largest absolute Gasteiger partial charge is 0.493 e. The third-order valence-electron chi connectivity index (χ3n) is 3.08. The van der Waals surface area contributed by atoms with Gasteiger partial charge in [-0.25, -0.2) is 0 Å². The van der Waals surface area contributed by atoms with E-state index in [0.717, 1.165) is 33.6 Å². The number of fused-ring (bicyclic) bond motifs is 1. The standard InChI is InChI=1S/C14H16ClNO2/c1-5-9-8(2)16-11-7-13(18-4)12(17-3)6-10(11)14(9)15/h6-7H,5H2,1-4H3. The molecule has 0 aliphatic rings. The van der Waals surface area contributed by atoms with Crippen molar-refractivity contribution in [3.63, 3.8) is 0 Å². The van der Waals surface area contributed by atoms with Gasteiger partial charge in [-0.05, 0) is 25.0 Å². The Bertz CT molecular complexity index is 596. The summed E-state index contributed by atoms with van der Waals surface area (Å²) in [6.45, 7) is 4.04. The van der Waals surface area contributed by atoms with Gasteiger partial charge in [0.05, 0.1) is 24.8 Å². The van der Waals surface area contributed by atoms with Gasteiger partial charge in [0.15, 0.2) is 11.5 Å². The summed E-state index contributed by atoms with van der Waals surface area (Å²) in [5.74, 6) is 1.33. The summed E-state index contributed by atoms with van der Waals surface area (Å²) in [5, 5.41) is 1.65. The third kappa shape index (κ3) is 1.99. The predicted octanol–water partition coefficient (Wildman–Crippen LogP) is 3.78. The van der Waals surface area contributed by atoms with Crippen LogP contribution in [-0.2, 0) is 6.42 Å². The molecular weight excluding hydrogens is 250 g/mol. The van der Waals surface area contributed by atoms with Crippen LogP contribution in [0.5, 0.6) is 11.5 Å². The Balaban J connectivity index is 2.81. The fourth-order valence-corrected chi connectivity index (χ4v) is 2.54. The van der Waals surface area contributed by atoms with Crippen molar-refractivity contribution in [1.82, 2.24) is 4.98 Å². The molecule has 0 N–H and O–H groups in total. The van der Waals surface area contributed by atoms with Crippen molar-refractivity contribution in [2.24, 2.45) is 0 Å². The van der Waals surface area contributed by atoms with E-state index in [1.165, 1.54) is 0 Å². The molecule has 1 aromatic heterocycles. The van der Waals surface area contributed by atoms with E-state index in [4.69, 9.17) is 21.1 Å². The highest BCUT2D eigenvalue weighted by atomic mass is 35.5. The molecule has 0 saturated heterocycles. The zero-order valence-electron chi connectivity index (χ0n) is 11.0. The molecule has 1 aromatic carbocycles. The Morgan fingerprint density at radius 2 is 1.78 bits per heavy atom. The summed E-state index contributed by atoms with van der Waals surface area (Å²) in [6.07, 6.45) is 0.863. The number of aryl methyl sites for hydroxylation is 1. The topological polar surface area (TPSA) is 31.4 Å². The predicted molar refractivity (Wildman–Crippen MR) is 74.0 cm³/mol. The first-order valence-electron chi connectivity index (χ1n) is 5.83. The molecule has 2 rings (SSSR count). The van der Waals surface area contributed by atoms with Crippen LogP contribution in [0.15, 0.2) is 12.1 Å². The van der Waals surface area contributed by atoms with E-state index in [2.05, 4.69) is 11.9 Å². The monoisotopic (exact) mass is 265 g/mol. The first-order valence-corrected chi connectivity index (χ1v) is 6.20. The van der Waals surface area contributed by atoms with Crippen LogP contribution >= 0.6 is 11.6 Å². The second kappa shape index (κ2) is 5.02. The highest BCUT2D eigenvalue weighted by Crippen LogP contribution is 2.36. The van der Waals surface area contributed by atoms with Crippen LogP contribution in [0, 0.1) is 6.92 Å². The van der Waals surface area contributed by atoms with Gasteiger partial charge in [0, 0.05) is 17.1 Å². The summed E-state index contributed by atoms with van der Waals surface area (Å²) >= 11 is 6.44. The fraction of sp³-hybridized carbons (Fsp3) is 0.357. The van der Waals surface area contributed by atoms with Gasteiger partial charge in [-0.2, -0.15) is 0 Å². The van der Waals surface area contributed by atoms with Gasteiger partial charge < -0.3 is 9.47 Å². The molecule has 0 amide bonds. The van der Waals surface area contributed by atoms with Crippen molar-refractivity contribution in [1.29, 1.82) is 0 Å². The van der Waals surface area contributed by atoms with E-state index in [1.54, 1.807) is 14.2 Å². The van der Waals surface area contributed by atoms with Crippen molar-refractivity contribution in [3.05, 3.63) is 28.4 Å². The average molecular weight is 266 g/mol. The molecule has 0 radical (unpaired) electrons. The smallest absolute Gasteiger partial charge is 0.162 e. The van der Waals surface area contributed by atoms with Gasteiger partial charge >= 0.3 is 0 Å². The molecule has 18 heavy (non-hydrogen) atoms. The molecule has 0 aliphatic carbocycles. The SMILES string of the molecule is CCc1c(C)nc2cc(OC)c(OC)cc2c1Cl. The van der Waals surface area contributed by atoms with Gasteiger partial charge in [0.25, 0.3) is 0 Å². The normalized spacial score (nSPS) is 10.7. The lowest BCUT2D eigenvalue weighted by Crippen LogP contribution is -1.97. The van der Waals surface area contributed by atoms with E-state index in [0.29, 0.717) is 11.5 Å². The Morgan fingerprint density at radius 1 is 1.17 bits per heavy atom. The number of aromatic nitrogens is 1. The summed E-state index contributed by atoms with van der Waals surface area (Å²) in [6, 6.07) is 3.73. The maximum absolute atomic E-state index is 6.44. The number of rotatable bonds is 3. The Labute approximate surface area is 112 Å². The van der Waals surface area contributed by atoms with E-state index >= 15 is 0 Å². The van der Waals surface area contributed by atoms with Crippen molar-refractivity contribution in [3.8, 4) is 11.5 Å². The van der Waals surface area contributed by atoms with Crippen LogP contribution in [0.3, 0.4) is 0 Å². The van der Waals surface area contributed by atoms with E-state index in [1.807, 2.05) is 19.1 Å². The van der Waals surface area contributed by atoms with Crippen LogP contribution in [-0.4, -0.2) is 19.2 Å². The van der Waals surface area contributed by atoms with Crippen LogP contribution in [0.4, 0.5) is 0 Å². The van der Waals surface area contributed by atoms with Crippen molar-refractivity contribution >= 4 is 22.5 Å². The summed E-state index contributed by atoms with van der Waals surface area (Å²) in [5.41, 5.74) is 2.87. The molecule has 0 spiro atoms. The second-order valence-electron chi connectivity index (χ2n) is 4.07. The molecule has 1 heterocycles. The van der Waals surface area contributed by atoms with Gasteiger partial charge in [0.1, 0.15) is 0 Å². The zero-order chi connectivity index (χ0) is 13.3. The molecule has 3 nitrogen and oxygen atoms in total. The van der Waals surface area contributed by atoms with Crippen LogP contribution in [0.25, 0.3) is 10.9 Å². The lowest BCUT2D eigenvalue weighted by atomic mass is 10.1. The molecule has 0 saturated carbocycles. The average Bonchev–Trinajstić information content (AvgIpc) is 2.37. The Kier molecular flexibility index (Phi) is 3.62. The van der Waals surface area contributed by atoms with Crippen LogP contribution in [0.1, 0.15) is 18.2 Å². The van der Waals surface area contributed by atoms with Crippen LogP contribution in [0.2, 0.25) is 5.02 Å². The van der Waals surface area contributed by atoms with E-state index in [-0.39, 0.29) is 0 Å². The third-order valence-corrected chi connectivity index (χ3v) is 3.51. The molecule has 0 atom stereocenters. The maximum atomic E-state index is 6.44. The first kappa shape index (κ1) is 13.0. The lowest BCUT2D eigenvalue weighted by molar-refractivity contribution is 0.356. The minimum atomic E-state index is 0.664. The number of pyridine rings is 1. The number of hydrogen-bond donors (Lipinski definition) is 0. The fourth-order valence-electron chi connectivity index (χ4n) is 2.12. The van der Waals surface area contributed by atoms with Gasteiger partial charge in [-0.15, -0.1) is 0 Å². The van der Waals surface area contributed by atoms with Gasteiger partial charge in [0.2, 0.25) is 0 Å². The number of ether oxygens (including phenoxy) is 2. The summed E-state index contributed by atoms with van der Waals surface area (Å²) < 4.78 is 10.6. The zero-order valence-corrected chi connectivity index (χ0v) is 11.8. The van der Waals surface area contributed by atoms with Gasteiger partial charge in [-0.3, -0.25) is 4.98 Å². The summed E-state index contributed by atoms with van der Waals surface area (Å²) in [7, 11) is 3.22. The molecule has 4 heteroatoms. The quantitative estimate of drug-likeness (QED) is 0.846. The molecule has 0 bridgehead atoms. The van der Waals surface area contributed by atoms with Crippen LogP contribution < -0.4 is 9.47 Å². The number of methoxy groups -OCH3 is 2. The van der Waals surface area contributed by atoms with Crippen molar-refractivity contribution in [2.75, 3.05) is 14.2 Å². The minimum Gasteiger partial charge on any atom is -0.493 e. The molecule has 0 fully saturated rings. The number of halogens is 1. The Hall–Kier alpha value is -1.48. The van der Waals surface area contributed by atoms with Crippen molar-refractivity contribution in [2.45, 2.75) is 20.3 Å². The summed E-state index contributed by atoms with van der Waals surface area (Å²) in [4.78, 5) is 4.57. The molecule has 96 valence electrons. The number of benzene rings is 1. The maximum Gasteiger partial charge on any atom is 0.162 e. The molecule has 0 aliphatic heterocycles. The highest BCUT2D eigenvalue weighted by molar-refractivity contribution is 6.36. The minimum absolute atomic E-state index is 0.664. The Morgan fingerprint density at radius 3 is 2.33 bits per heavy atom. The molecule has 2 aromatic rings. The highest BCUT2D eigenvalue weighted by Gasteiger charge is 2.13. The van der Waals surface area contributed by atoms with Crippen molar-refractivity contribution < 1.29 is 9.47 Å². The van der Waals surface area contributed by atoms with Gasteiger partial charge in [-0.1, -0.05) is 18.5 Å². The first-order chi connectivity index (χ1) is 8.62.